The third kappa shape index (κ3) is 5.51. The van der Waals surface area contributed by atoms with Gasteiger partial charge in [-0.3, -0.25) is 14.4 Å². The van der Waals surface area contributed by atoms with Crippen LogP contribution in [0.5, 0.6) is 0 Å². The van der Waals surface area contributed by atoms with Gasteiger partial charge < -0.3 is 10.1 Å². The topological polar surface area (TPSA) is 89.5 Å². The first-order valence-corrected chi connectivity index (χ1v) is 9.68. The Morgan fingerprint density at radius 2 is 1.23 bits per heavy atom. The molecular weight excluding hydrogens is 394 g/mol. The summed E-state index contributed by atoms with van der Waals surface area (Å²) in [7, 11) is 0. The number of rotatable bonds is 7. The number of ether oxygens (including phenoxy) is 1. The summed E-state index contributed by atoms with van der Waals surface area (Å²) in [4.78, 5) is 48.5. The van der Waals surface area contributed by atoms with Crippen molar-refractivity contribution >= 4 is 29.1 Å². The van der Waals surface area contributed by atoms with E-state index in [0.29, 0.717) is 22.4 Å². The maximum absolute atomic E-state index is 12.5. The maximum Gasteiger partial charge on any atom is 0.338 e. The fourth-order valence-electron chi connectivity index (χ4n) is 2.95. The highest BCUT2D eigenvalue weighted by atomic mass is 16.5. The zero-order valence-electron chi connectivity index (χ0n) is 17.1. The average molecular weight is 415 g/mol. The predicted octanol–water partition coefficient (Wildman–Crippen LogP) is 4.30. The molecule has 0 aliphatic rings. The van der Waals surface area contributed by atoms with Gasteiger partial charge in [0, 0.05) is 29.3 Å². The fourth-order valence-corrected chi connectivity index (χ4v) is 2.95. The van der Waals surface area contributed by atoms with Crippen LogP contribution in [0.25, 0.3) is 0 Å². The summed E-state index contributed by atoms with van der Waals surface area (Å²) < 4.78 is 5.29. The van der Waals surface area contributed by atoms with Gasteiger partial charge in [-0.05, 0) is 43.3 Å². The lowest BCUT2D eigenvalue weighted by Crippen LogP contribution is -2.24. The van der Waals surface area contributed by atoms with Crippen LogP contribution in [0.2, 0.25) is 0 Å². The molecule has 0 spiro atoms. The van der Waals surface area contributed by atoms with E-state index in [-0.39, 0.29) is 23.0 Å². The Morgan fingerprint density at radius 1 is 0.710 bits per heavy atom. The SMILES string of the molecule is CC(=O)Nc1ccc(C(=O)C(C)OC(=O)c2ccc(C(=O)c3ccccc3)cc2)cc1. The number of hydrogen-bond donors (Lipinski definition) is 1. The second-order valence-electron chi connectivity index (χ2n) is 6.94. The zero-order chi connectivity index (χ0) is 22.4. The van der Waals surface area contributed by atoms with Crippen molar-refractivity contribution < 1.29 is 23.9 Å². The van der Waals surface area contributed by atoms with Crippen molar-refractivity contribution in [2.45, 2.75) is 20.0 Å². The van der Waals surface area contributed by atoms with Crippen molar-refractivity contribution in [3.63, 3.8) is 0 Å². The first-order valence-electron chi connectivity index (χ1n) is 9.68. The number of hydrogen-bond acceptors (Lipinski definition) is 5. The standard InChI is InChI=1S/C25H21NO5/c1-16(23(28)19-12-14-22(15-13-19)26-17(2)27)31-25(30)21-10-8-20(9-11-21)24(29)18-6-4-3-5-7-18/h3-16H,1-2H3,(H,26,27). The molecule has 0 aromatic heterocycles. The number of amides is 1. The van der Waals surface area contributed by atoms with E-state index >= 15 is 0 Å². The van der Waals surface area contributed by atoms with Crippen LogP contribution in [-0.2, 0) is 9.53 Å². The maximum atomic E-state index is 12.5. The number of benzene rings is 3. The van der Waals surface area contributed by atoms with Gasteiger partial charge in [-0.15, -0.1) is 0 Å². The van der Waals surface area contributed by atoms with Crippen LogP contribution in [0.1, 0.15) is 50.5 Å². The molecule has 1 N–H and O–H groups in total. The Kier molecular flexibility index (Phi) is 6.72. The molecule has 0 aliphatic heterocycles. The molecule has 3 aromatic carbocycles. The molecule has 156 valence electrons. The highest BCUT2D eigenvalue weighted by Gasteiger charge is 2.21. The molecule has 0 fully saturated rings. The highest BCUT2D eigenvalue weighted by molar-refractivity contribution is 6.09. The van der Waals surface area contributed by atoms with E-state index in [0.717, 1.165) is 0 Å². The molecule has 3 aromatic rings. The minimum atomic E-state index is -0.996. The molecule has 0 bridgehead atoms. The lowest BCUT2D eigenvalue weighted by atomic mass is 10.0. The number of carbonyl (C=O) groups is 4. The number of ketones is 2. The van der Waals surface area contributed by atoms with E-state index in [9.17, 15) is 19.2 Å². The zero-order valence-corrected chi connectivity index (χ0v) is 17.1. The molecule has 0 saturated carbocycles. The van der Waals surface area contributed by atoms with Crippen molar-refractivity contribution in [3.05, 3.63) is 101 Å². The Hall–Kier alpha value is -4.06. The number of carbonyl (C=O) groups excluding carboxylic acids is 4. The minimum absolute atomic E-state index is 0.147. The first kappa shape index (κ1) is 21.6. The molecule has 0 saturated heterocycles. The Morgan fingerprint density at radius 3 is 1.81 bits per heavy atom. The van der Waals surface area contributed by atoms with E-state index in [1.54, 1.807) is 60.7 Å². The summed E-state index contributed by atoms with van der Waals surface area (Å²) in [6.07, 6.45) is -0.996. The molecule has 3 rings (SSSR count). The molecular formula is C25H21NO5. The number of anilines is 1. The Balaban J connectivity index is 1.63. The van der Waals surface area contributed by atoms with Gasteiger partial charge in [0.15, 0.2) is 11.9 Å². The summed E-state index contributed by atoms with van der Waals surface area (Å²) >= 11 is 0. The molecule has 0 radical (unpaired) electrons. The van der Waals surface area contributed by atoms with E-state index in [2.05, 4.69) is 5.32 Å². The lowest BCUT2D eigenvalue weighted by molar-refractivity contribution is -0.114. The molecule has 1 amide bonds. The number of esters is 1. The largest absolute Gasteiger partial charge is 0.451 e. The third-order valence-corrected chi connectivity index (χ3v) is 4.56. The van der Waals surface area contributed by atoms with Crippen LogP contribution in [0, 0.1) is 0 Å². The summed E-state index contributed by atoms with van der Waals surface area (Å²) in [6, 6.07) is 21.3. The second-order valence-corrected chi connectivity index (χ2v) is 6.94. The Labute approximate surface area is 179 Å². The molecule has 0 aliphatic carbocycles. The van der Waals surface area contributed by atoms with Gasteiger partial charge in [-0.25, -0.2) is 4.79 Å². The monoisotopic (exact) mass is 415 g/mol. The summed E-state index contributed by atoms with van der Waals surface area (Å²) in [6.45, 7) is 2.89. The summed E-state index contributed by atoms with van der Waals surface area (Å²) in [5.41, 5.74) is 2.18. The van der Waals surface area contributed by atoms with E-state index < -0.39 is 12.1 Å². The van der Waals surface area contributed by atoms with Crippen LogP contribution >= 0.6 is 0 Å². The van der Waals surface area contributed by atoms with Crippen molar-refractivity contribution in [1.29, 1.82) is 0 Å². The van der Waals surface area contributed by atoms with Crippen molar-refractivity contribution in [1.82, 2.24) is 0 Å². The molecule has 0 heterocycles. The lowest BCUT2D eigenvalue weighted by Gasteiger charge is -2.13. The second kappa shape index (κ2) is 9.63. The fraction of sp³-hybridized carbons (Fsp3) is 0.120. The van der Waals surface area contributed by atoms with Gasteiger partial charge in [0.05, 0.1) is 5.56 Å². The molecule has 6 nitrogen and oxygen atoms in total. The molecule has 1 atom stereocenters. The number of Topliss-reactive ketones (excluding diaryl/α,β-unsaturated/α-hetero) is 1. The van der Waals surface area contributed by atoms with Gasteiger partial charge in [0.2, 0.25) is 11.7 Å². The van der Waals surface area contributed by atoms with Gasteiger partial charge in [-0.2, -0.15) is 0 Å². The first-order chi connectivity index (χ1) is 14.8. The van der Waals surface area contributed by atoms with Crippen molar-refractivity contribution in [3.8, 4) is 0 Å². The van der Waals surface area contributed by atoms with Crippen LogP contribution in [0.15, 0.2) is 78.9 Å². The van der Waals surface area contributed by atoms with Gasteiger partial charge >= 0.3 is 5.97 Å². The minimum Gasteiger partial charge on any atom is -0.451 e. The molecule has 1 unspecified atom stereocenters. The van der Waals surface area contributed by atoms with Crippen molar-refractivity contribution in [2.24, 2.45) is 0 Å². The smallest absolute Gasteiger partial charge is 0.338 e. The Bertz CT molecular complexity index is 1100. The van der Waals surface area contributed by atoms with E-state index in [1.165, 1.54) is 26.0 Å². The third-order valence-electron chi connectivity index (χ3n) is 4.56. The summed E-state index contributed by atoms with van der Waals surface area (Å²) in [5, 5.41) is 2.62. The van der Waals surface area contributed by atoms with E-state index in [4.69, 9.17) is 4.74 Å². The average Bonchev–Trinajstić information content (AvgIpc) is 2.79. The molecule has 31 heavy (non-hydrogen) atoms. The molecule has 6 heteroatoms. The van der Waals surface area contributed by atoms with Crippen LogP contribution in [0.4, 0.5) is 5.69 Å². The van der Waals surface area contributed by atoms with Crippen molar-refractivity contribution in [2.75, 3.05) is 5.32 Å². The number of nitrogens with one attached hydrogen (secondary N) is 1. The summed E-state index contributed by atoms with van der Waals surface area (Å²) in [5.74, 6) is -1.38. The van der Waals surface area contributed by atoms with E-state index in [1.807, 2.05) is 6.07 Å². The quantitative estimate of drug-likeness (QED) is 0.459. The van der Waals surface area contributed by atoms with Gasteiger partial charge in [-0.1, -0.05) is 42.5 Å². The van der Waals surface area contributed by atoms with Crippen LogP contribution < -0.4 is 5.32 Å². The van der Waals surface area contributed by atoms with Gasteiger partial charge in [0.25, 0.3) is 0 Å². The van der Waals surface area contributed by atoms with Crippen LogP contribution in [-0.4, -0.2) is 29.5 Å². The predicted molar refractivity (Wildman–Crippen MR) is 116 cm³/mol. The van der Waals surface area contributed by atoms with Crippen LogP contribution in [0.3, 0.4) is 0 Å². The normalized spacial score (nSPS) is 11.3. The van der Waals surface area contributed by atoms with Gasteiger partial charge in [0.1, 0.15) is 0 Å². The highest BCUT2D eigenvalue weighted by Crippen LogP contribution is 2.15.